The number of aliphatic hydroxyl groups is 1. The lowest BCUT2D eigenvalue weighted by Gasteiger charge is -2.14. The Morgan fingerprint density at radius 2 is 1.38 bits per heavy atom. The Morgan fingerprint density at radius 3 is 1.75 bits per heavy atom. The third-order valence-electron chi connectivity index (χ3n) is 4.10. The smallest absolute Gasteiger partial charge is 0.115 e. The molecule has 3 rings (SSSR count). The minimum Gasteiger partial charge on any atom is -0.508 e. The molecular weight excluding hydrogens is 300 g/mol. The zero-order valence-corrected chi connectivity index (χ0v) is 13.4. The summed E-state index contributed by atoms with van der Waals surface area (Å²) in [7, 11) is 0. The molecule has 0 bridgehead atoms. The van der Waals surface area contributed by atoms with Gasteiger partial charge in [0.25, 0.3) is 0 Å². The Hall–Kier alpha value is -2.78. The van der Waals surface area contributed by atoms with E-state index in [0.717, 1.165) is 34.3 Å². The molecular formula is C21H20O3. The van der Waals surface area contributed by atoms with Crippen molar-refractivity contribution in [2.24, 2.45) is 0 Å². The molecule has 3 N–H and O–H groups in total. The summed E-state index contributed by atoms with van der Waals surface area (Å²) < 4.78 is 0. The number of hydrogen-bond donors (Lipinski definition) is 3. The fraction of sp³-hybridized carbons (Fsp3) is 0.143. The van der Waals surface area contributed by atoms with Crippen molar-refractivity contribution in [1.82, 2.24) is 0 Å². The van der Waals surface area contributed by atoms with E-state index in [9.17, 15) is 15.3 Å². The monoisotopic (exact) mass is 320 g/mol. The van der Waals surface area contributed by atoms with E-state index in [4.69, 9.17) is 0 Å². The highest BCUT2D eigenvalue weighted by molar-refractivity contribution is 5.84. The molecule has 1 aliphatic rings. The Bertz CT molecular complexity index is 762. The Kier molecular flexibility index (Phi) is 4.54. The van der Waals surface area contributed by atoms with Crippen LogP contribution in [0.4, 0.5) is 0 Å². The highest BCUT2D eigenvalue weighted by Crippen LogP contribution is 2.39. The molecule has 24 heavy (non-hydrogen) atoms. The van der Waals surface area contributed by atoms with Crippen molar-refractivity contribution < 1.29 is 15.3 Å². The summed E-state index contributed by atoms with van der Waals surface area (Å²) in [4.78, 5) is 0. The van der Waals surface area contributed by atoms with E-state index in [1.165, 1.54) is 5.57 Å². The SMILES string of the molecule is C=C1C/C1=C\C(CCO)=C(c1ccc(O)cc1)c1ccc(O)cc1. The van der Waals surface area contributed by atoms with E-state index in [1.807, 2.05) is 24.3 Å². The molecule has 2 aromatic carbocycles. The van der Waals surface area contributed by atoms with E-state index >= 15 is 0 Å². The van der Waals surface area contributed by atoms with Crippen molar-refractivity contribution in [3.8, 4) is 11.5 Å². The lowest BCUT2D eigenvalue weighted by Crippen LogP contribution is -1.96. The molecule has 0 unspecified atom stereocenters. The Balaban J connectivity index is 2.18. The van der Waals surface area contributed by atoms with Gasteiger partial charge in [0.15, 0.2) is 0 Å². The van der Waals surface area contributed by atoms with Crippen molar-refractivity contribution in [2.75, 3.05) is 6.61 Å². The van der Waals surface area contributed by atoms with Gasteiger partial charge in [-0.25, -0.2) is 0 Å². The summed E-state index contributed by atoms with van der Waals surface area (Å²) >= 11 is 0. The van der Waals surface area contributed by atoms with E-state index in [1.54, 1.807) is 24.3 Å². The minimum atomic E-state index is 0.0469. The third-order valence-corrected chi connectivity index (χ3v) is 4.10. The fourth-order valence-corrected chi connectivity index (χ4v) is 2.73. The lowest BCUT2D eigenvalue weighted by atomic mass is 9.91. The van der Waals surface area contributed by atoms with Crippen molar-refractivity contribution in [1.29, 1.82) is 0 Å². The zero-order chi connectivity index (χ0) is 17.1. The largest absolute Gasteiger partial charge is 0.508 e. The number of aromatic hydroxyl groups is 2. The second kappa shape index (κ2) is 6.77. The molecule has 1 aliphatic carbocycles. The van der Waals surface area contributed by atoms with Gasteiger partial charge >= 0.3 is 0 Å². The number of aliphatic hydroxyl groups excluding tert-OH is 1. The van der Waals surface area contributed by atoms with E-state index in [0.29, 0.717) is 6.42 Å². The van der Waals surface area contributed by atoms with Crippen molar-refractivity contribution in [3.63, 3.8) is 0 Å². The zero-order valence-electron chi connectivity index (χ0n) is 13.4. The van der Waals surface area contributed by atoms with Crippen molar-refractivity contribution in [2.45, 2.75) is 12.8 Å². The summed E-state index contributed by atoms with van der Waals surface area (Å²) in [6.07, 6.45) is 3.52. The maximum atomic E-state index is 9.56. The second-order valence-corrected chi connectivity index (χ2v) is 5.92. The van der Waals surface area contributed by atoms with Gasteiger partial charge in [0, 0.05) is 6.61 Å². The molecule has 0 saturated heterocycles. The van der Waals surface area contributed by atoms with Crippen LogP contribution in [0.3, 0.4) is 0 Å². The lowest BCUT2D eigenvalue weighted by molar-refractivity contribution is 0.300. The molecule has 1 saturated carbocycles. The van der Waals surface area contributed by atoms with Gasteiger partial charge in [-0.15, -0.1) is 0 Å². The average molecular weight is 320 g/mol. The van der Waals surface area contributed by atoms with Gasteiger partial charge in [-0.3, -0.25) is 0 Å². The molecule has 1 fully saturated rings. The van der Waals surface area contributed by atoms with Crippen LogP contribution in [0.1, 0.15) is 24.0 Å². The Morgan fingerprint density at radius 1 is 0.917 bits per heavy atom. The first-order valence-corrected chi connectivity index (χ1v) is 7.90. The van der Waals surface area contributed by atoms with Gasteiger partial charge in [-0.2, -0.15) is 0 Å². The van der Waals surface area contributed by atoms with Gasteiger partial charge in [-0.05, 0) is 70.5 Å². The molecule has 0 heterocycles. The van der Waals surface area contributed by atoms with Gasteiger partial charge in [0.2, 0.25) is 0 Å². The Labute approximate surface area is 141 Å². The highest BCUT2D eigenvalue weighted by Gasteiger charge is 2.20. The third kappa shape index (κ3) is 3.58. The number of phenolic OH excluding ortho intramolecular Hbond substituents is 2. The van der Waals surface area contributed by atoms with Crippen LogP contribution in [0.25, 0.3) is 5.57 Å². The molecule has 0 amide bonds. The summed E-state index contributed by atoms with van der Waals surface area (Å²) in [5, 5.41) is 28.6. The normalized spacial score (nSPS) is 14.7. The fourth-order valence-electron chi connectivity index (χ4n) is 2.73. The number of benzene rings is 2. The van der Waals surface area contributed by atoms with Gasteiger partial charge in [-0.1, -0.05) is 36.9 Å². The van der Waals surface area contributed by atoms with Crippen molar-refractivity contribution >= 4 is 5.57 Å². The highest BCUT2D eigenvalue weighted by atomic mass is 16.3. The standard InChI is InChI=1S/C21H20O3/c1-14-12-18(14)13-17(10-11-22)21(15-2-6-19(23)7-3-15)16-4-8-20(24)9-5-16/h2-9,13,22-24H,1,10-12H2/b18-13+. The molecule has 2 aromatic rings. The first-order valence-electron chi connectivity index (χ1n) is 7.90. The number of rotatable bonds is 5. The topological polar surface area (TPSA) is 60.7 Å². The number of phenols is 2. The minimum absolute atomic E-state index is 0.0469. The average Bonchev–Trinajstić information content (AvgIpc) is 3.26. The second-order valence-electron chi connectivity index (χ2n) is 5.92. The summed E-state index contributed by atoms with van der Waals surface area (Å²) in [6, 6.07) is 14.0. The molecule has 122 valence electrons. The molecule has 0 aromatic heterocycles. The summed E-state index contributed by atoms with van der Waals surface area (Å²) in [5.74, 6) is 0.419. The molecule has 0 radical (unpaired) electrons. The van der Waals surface area contributed by atoms with E-state index in [2.05, 4.69) is 12.7 Å². The molecule has 0 aliphatic heterocycles. The first-order chi connectivity index (χ1) is 11.6. The van der Waals surface area contributed by atoms with Crippen LogP contribution >= 0.6 is 0 Å². The number of hydrogen-bond acceptors (Lipinski definition) is 3. The summed E-state index contributed by atoms with van der Waals surface area (Å²) in [5.41, 5.74) is 6.23. The first kappa shape index (κ1) is 16.1. The van der Waals surface area contributed by atoms with Crippen LogP contribution in [0.2, 0.25) is 0 Å². The summed E-state index contributed by atoms with van der Waals surface area (Å²) in [6.45, 7) is 4.02. The van der Waals surface area contributed by atoms with Crippen LogP contribution in [-0.4, -0.2) is 21.9 Å². The molecule has 0 spiro atoms. The van der Waals surface area contributed by atoms with Gasteiger partial charge < -0.3 is 15.3 Å². The number of allylic oxidation sites excluding steroid dienone is 3. The van der Waals surface area contributed by atoms with Crippen LogP contribution in [0.15, 0.2) is 77.9 Å². The maximum absolute atomic E-state index is 9.56. The maximum Gasteiger partial charge on any atom is 0.115 e. The van der Waals surface area contributed by atoms with Crippen molar-refractivity contribution in [3.05, 3.63) is 89.0 Å². The van der Waals surface area contributed by atoms with Crippen LogP contribution in [0, 0.1) is 0 Å². The van der Waals surface area contributed by atoms with Crippen LogP contribution < -0.4 is 0 Å². The molecule has 0 atom stereocenters. The quantitative estimate of drug-likeness (QED) is 0.775. The van der Waals surface area contributed by atoms with Gasteiger partial charge in [0.05, 0.1) is 0 Å². The predicted molar refractivity (Wildman–Crippen MR) is 95.8 cm³/mol. The van der Waals surface area contributed by atoms with Gasteiger partial charge in [0.1, 0.15) is 11.5 Å². The van der Waals surface area contributed by atoms with Crippen LogP contribution in [-0.2, 0) is 0 Å². The van der Waals surface area contributed by atoms with E-state index in [-0.39, 0.29) is 18.1 Å². The van der Waals surface area contributed by atoms with Crippen LogP contribution in [0.5, 0.6) is 11.5 Å². The van der Waals surface area contributed by atoms with E-state index < -0.39 is 0 Å². The molecule has 3 heteroatoms. The predicted octanol–water partition coefficient (Wildman–Crippen LogP) is 4.17. The molecule has 3 nitrogen and oxygen atoms in total.